The first kappa shape index (κ1) is 13.3. The number of benzene rings is 1. The highest BCUT2D eigenvalue weighted by Crippen LogP contribution is 2.27. The summed E-state index contributed by atoms with van der Waals surface area (Å²) in [6.45, 7) is 0.793. The van der Waals surface area contributed by atoms with Crippen LogP contribution in [0.1, 0.15) is 24.8 Å². The van der Waals surface area contributed by atoms with Crippen molar-refractivity contribution in [1.29, 1.82) is 0 Å². The van der Waals surface area contributed by atoms with E-state index in [1.54, 1.807) is 12.1 Å². The maximum absolute atomic E-state index is 13.0. The van der Waals surface area contributed by atoms with Crippen molar-refractivity contribution >= 4 is 17.5 Å². The smallest absolute Gasteiger partial charge is 0.237 e. The Morgan fingerprint density at radius 2 is 2.39 bits per heavy atom. The Labute approximate surface area is 111 Å². The summed E-state index contributed by atoms with van der Waals surface area (Å²) in [5.41, 5.74) is 5.57. The maximum Gasteiger partial charge on any atom is 0.237 e. The number of hydrogen-bond donors (Lipinski definition) is 2. The van der Waals surface area contributed by atoms with Crippen LogP contribution in [0.4, 0.5) is 4.39 Å². The van der Waals surface area contributed by atoms with Gasteiger partial charge in [-0.05, 0) is 49.9 Å². The molecule has 1 radical (unpaired) electrons. The second-order valence-electron chi connectivity index (χ2n) is 4.56. The summed E-state index contributed by atoms with van der Waals surface area (Å²) in [5.74, 6) is -0.790. The number of nitrogens with two attached hydrogens (primary N) is 1. The number of halogens is 2. The molecule has 1 saturated heterocycles. The average Bonchev–Trinajstić information content (AvgIpc) is 2.81. The van der Waals surface area contributed by atoms with Crippen LogP contribution >= 0.6 is 11.6 Å². The molecule has 0 aliphatic carbocycles. The lowest BCUT2D eigenvalue weighted by atomic mass is 9.89. The highest BCUT2D eigenvalue weighted by molar-refractivity contribution is 6.30. The molecule has 1 aromatic carbocycles. The lowest BCUT2D eigenvalue weighted by Gasteiger charge is -2.25. The molecule has 5 heteroatoms. The summed E-state index contributed by atoms with van der Waals surface area (Å²) in [6.07, 6.45) is 4.01. The summed E-state index contributed by atoms with van der Waals surface area (Å²) >= 11 is 5.70. The van der Waals surface area contributed by atoms with Crippen LogP contribution in [0.3, 0.4) is 0 Å². The van der Waals surface area contributed by atoms with E-state index in [2.05, 4.69) is 5.32 Å². The van der Waals surface area contributed by atoms with E-state index < -0.39 is 11.4 Å². The zero-order valence-corrected chi connectivity index (χ0v) is 10.6. The minimum atomic E-state index is -0.666. The number of nitrogens with one attached hydrogen (secondary N) is 1. The van der Waals surface area contributed by atoms with Crippen molar-refractivity contribution in [2.75, 3.05) is 6.54 Å². The number of rotatable bonds is 4. The van der Waals surface area contributed by atoms with E-state index in [4.69, 9.17) is 17.3 Å². The Hall–Kier alpha value is -1.13. The fourth-order valence-electron chi connectivity index (χ4n) is 2.22. The molecule has 3 N–H and O–H groups in total. The average molecular weight is 270 g/mol. The molecule has 0 spiro atoms. The van der Waals surface area contributed by atoms with Gasteiger partial charge in [-0.2, -0.15) is 0 Å². The van der Waals surface area contributed by atoms with Crippen LogP contribution in [-0.4, -0.2) is 18.0 Å². The normalized spacial score (nSPS) is 23.2. The quantitative estimate of drug-likeness (QED) is 0.879. The van der Waals surface area contributed by atoms with E-state index in [-0.39, 0.29) is 10.9 Å². The molecule has 1 amide bonds. The third-order valence-corrected chi connectivity index (χ3v) is 3.63. The van der Waals surface area contributed by atoms with Gasteiger partial charge >= 0.3 is 0 Å². The van der Waals surface area contributed by atoms with Gasteiger partial charge in [-0.25, -0.2) is 4.39 Å². The molecular formula is C13H15ClFN2O. The Morgan fingerprint density at radius 3 is 2.94 bits per heavy atom. The molecule has 0 aromatic heterocycles. The molecule has 3 nitrogen and oxygen atoms in total. The molecule has 2 rings (SSSR count). The zero-order chi connectivity index (χ0) is 13.2. The third kappa shape index (κ3) is 2.65. The molecule has 0 saturated carbocycles. The standard InChI is InChI=1S/C13H15ClFN2O/c14-10-8-9(2-3-11(10)15)4-6-13(12(16)18)5-1-7-17-13/h2-4,8,17H,1,5-7H2,(H2,16,18). The van der Waals surface area contributed by atoms with Gasteiger partial charge in [-0.3, -0.25) is 4.79 Å². The van der Waals surface area contributed by atoms with E-state index in [9.17, 15) is 9.18 Å². The van der Waals surface area contributed by atoms with E-state index >= 15 is 0 Å². The Balaban J connectivity index is 2.05. The van der Waals surface area contributed by atoms with Gasteiger partial charge in [0.1, 0.15) is 5.82 Å². The Kier molecular flexibility index (Phi) is 3.88. The first-order chi connectivity index (χ1) is 8.53. The number of primary amides is 1. The van der Waals surface area contributed by atoms with Crippen molar-refractivity contribution in [1.82, 2.24) is 5.32 Å². The summed E-state index contributed by atoms with van der Waals surface area (Å²) in [7, 11) is 0. The summed E-state index contributed by atoms with van der Waals surface area (Å²) in [6, 6.07) is 4.48. The maximum atomic E-state index is 13.0. The van der Waals surface area contributed by atoms with Crippen LogP contribution in [0.5, 0.6) is 0 Å². The van der Waals surface area contributed by atoms with E-state index in [0.717, 1.165) is 24.9 Å². The number of carbonyl (C=O) groups is 1. The molecule has 1 unspecified atom stereocenters. The van der Waals surface area contributed by atoms with Gasteiger partial charge in [-0.1, -0.05) is 17.7 Å². The summed E-state index contributed by atoms with van der Waals surface area (Å²) in [5, 5.41) is 3.23. The largest absolute Gasteiger partial charge is 0.368 e. The molecule has 1 fully saturated rings. The predicted octanol–water partition coefficient (Wildman–Crippen LogP) is 2.03. The number of hydrogen-bond acceptors (Lipinski definition) is 2. The van der Waals surface area contributed by atoms with Crippen molar-refractivity contribution in [2.45, 2.75) is 24.8 Å². The minimum absolute atomic E-state index is 0.0799. The second-order valence-corrected chi connectivity index (χ2v) is 4.97. The monoisotopic (exact) mass is 269 g/mol. The highest BCUT2D eigenvalue weighted by Gasteiger charge is 2.38. The lowest BCUT2D eigenvalue weighted by molar-refractivity contribution is -0.123. The zero-order valence-electron chi connectivity index (χ0n) is 9.88. The minimum Gasteiger partial charge on any atom is -0.368 e. The van der Waals surface area contributed by atoms with Crippen molar-refractivity contribution in [2.24, 2.45) is 5.73 Å². The van der Waals surface area contributed by atoms with Crippen LogP contribution in [0, 0.1) is 12.2 Å². The van der Waals surface area contributed by atoms with Crippen LogP contribution in [-0.2, 0) is 4.79 Å². The van der Waals surface area contributed by atoms with E-state index in [0.29, 0.717) is 6.42 Å². The molecular weight excluding hydrogens is 255 g/mol. The summed E-state index contributed by atoms with van der Waals surface area (Å²) in [4.78, 5) is 11.5. The first-order valence-electron chi connectivity index (χ1n) is 5.87. The van der Waals surface area contributed by atoms with Gasteiger partial charge in [0.15, 0.2) is 0 Å². The number of carbonyl (C=O) groups excluding carboxylic acids is 1. The molecule has 18 heavy (non-hydrogen) atoms. The Bertz CT molecular complexity index is 458. The van der Waals surface area contributed by atoms with Crippen molar-refractivity contribution < 1.29 is 9.18 Å². The molecule has 0 bridgehead atoms. The fourth-order valence-corrected chi connectivity index (χ4v) is 2.41. The highest BCUT2D eigenvalue weighted by atomic mass is 35.5. The molecule has 1 aliphatic rings. The van der Waals surface area contributed by atoms with Gasteiger partial charge in [-0.15, -0.1) is 0 Å². The SMILES string of the molecule is NC(=O)C1(C[CH]c2ccc(F)c(Cl)c2)CCCN1. The topological polar surface area (TPSA) is 55.1 Å². The second kappa shape index (κ2) is 5.24. The Morgan fingerprint density at radius 1 is 1.61 bits per heavy atom. The number of amides is 1. The van der Waals surface area contributed by atoms with Crippen molar-refractivity contribution in [3.8, 4) is 0 Å². The predicted molar refractivity (Wildman–Crippen MR) is 68.6 cm³/mol. The van der Waals surface area contributed by atoms with Crippen LogP contribution in [0.25, 0.3) is 0 Å². The third-order valence-electron chi connectivity index (χ3n) is 3.35. The molecule has 1 atom stereocenters. The molecule has 1 aliphatic heterocycles. The molecule has 1 heterocycles. The van der Waals surface area contributed by atoms with Crippen molar-refractivity contribution in [3.05, 3.63) is 41.0 Å². The van der Waals surface area contributed by atoms with Gasteiger partial charge < -0.3 is 11.1 Å². The summed E-state index contributed by atoms with van der Waals surface area (Å²) < 4.78 is 13.0. The van der Waals surface area contributed by atoms with Gasteiger partial charge in [0.25, 0.3) is 0 Å². The molecule has 1 aromatic rings. The van der Waals surface area contributed by atoms with E-state index in [1.807, 2.05) is 6.42 Å². The van der Waals surface area contributed by atoms with Gasteiger partial charge in [0.05, 0.1) is 10.6 Å². The first-order valence-corrected chi connectivity index (χ1v) is 6.24. The van der Waals surface area contributed by atoms with Crippen LogP contribution in [0.2, 0.25) is 5.02 Å². The van der Waals surface area contributed by atoms with Crippen LogP contribution < -0.4 is 11.1 Å². The lowest BCUT2D eigenvalue weighted by Crippen LogP contribution is -2.51. The van der Waals surface area contributed by atoms with Crippen LogP contribution in [0.15, 0.2) is 18.2 Å². The fraction of sp³-hybridized carbons (Fsp3) is 0.385. The van der Waals surface area contributed by atoms with E-state index in [1.165, 1.54) is 6.07 Å². The van der Waals surface area contributed by atoms with Crippen molar-refractivity contribution in [3.63, 3.8) is 0 Å². The van der Waals surface area contributed by atoms with Gasteiger partial charge in [0.2, 0.25) is 5.91 Å². The molecule has 97 valence electrons. The van der Waals surface area contributed by atoms with Gasteiger partial charge in [0, 0.05) is 0 Å².